The molecule has 1 N–H and O–H groups in total. The summed E-state index contributed by atoms with van der Waals surface area (Å²) >= 11 is 0. The van der Waals surface area contributed by atoms with E-state index in [2.05, 4.69) is 30.2 Å². The zero-order valence-corrected chi connectivity index (χ0v) is 25.5. The van der Waals surface area contributed by atoms with Crippen molar-refractivity contribution in [2.75, 3.05) is 31.6 Å². The molecule has 0 spiro atoms. The van der Waals surface area contributed by atoms with Gasteiger partial charge in [-0.25, -0.2) is 28.7 Å². The number of aryl methyl sites for hydroxylation is 1. The first-order chi connectivity index (χ1) is 20.4. The monoisotopic (exact) mass is 581 g/mol. The van der Waals surface area contributed by atoms with Gasteiger partial charge in [0.05, 0.1) is 37.1 Å². The minimum absolute atomic E-state index is 0.00554. The van der Waals surface area contributed by atoms with E-state index in [0.717, 1.165) is 31.4 Å². The molecule has 2 fully saturated rings. The number of aromatic nitrogens is 5. The van der Waals surface area contributed by atoms with Crippen LogP contribution in [0.2, 0.25) is 0 Å². The van der Waals surface area contributed by atoms with Crippen molar-refractivity contribution in [1.82, 2.24) is 29.4 Å². The molecule has 0 amide bonds. The zero-order chi connectivity index (χ0) is 30.4. The predicted molar refractivity (Wildman–Crippen MR) is 161 cm³/mol. The molecule has 6 rings (SSSR count). The first-order valence-corrected chi connectivity index (χ1v) is 14.7. The van der Waals surface area contributed by atoms with Crippen LogP contribution in [0.5, 0.6) is 0 Å². The summed E-state index contributed by atoms with van der Waals surface area (Å²) < 4.78 is 43.3. The standard InChI is InChI=1S/C27H29F2N7O2.2C2H6/c1-15(2)36-16(3)32-26-19(28)8-18(9-21(26)36)25-20(29)11-31-27(34-25)33-24-5-4-17(10-30-24)12-35-13-22-23(14-35)38-7-6-37-22;2*1-2/h4-5,8-11,15,22-23H,6-7,12-14H2,1-3H3,(H,30,31,33,34);2*1-2H3. The van der Waals surface area contributed by atoms with Crippen LogP contribution in [-0.4, -0.2) is 67.9 Å². The molecule has 1 aromatic carbocycles. The molecule has 0 radical (unpaired) electrons. The minimum atomic E-state index is -0.649. The number of fused-ring (bicyclic) bond motifs is 2. The molecule has 2 aliphatic rings. The number of benzene rings is 1. The van der Waals surface area contributed by atoms with Crippen molar-refractivity contribution in [1.29, 1.82) is 0 Å². The van der Waals surface area contributed by atoms with Gasteiger partial charge in [-0.1, -0.05) is 33.8 Å². The van der Waals surface area contributed by atoms with E-state index in [9.17, 15) is 8.78 Å². The maximum Gasteiger partial charge on any atom is 0.229 e. The molecule has 226 valence electrons. The van der Waals surface area contributed by atoms with Gasteiger partial charge in [-0.3, -0.25) is 4.90 Å². The number of hydrogen-bond acceptors (Lipinski definition) is 8. The molecule has 0 saturated carbocycles. The first-order valence-electron chi connectivity index (χ1n) is 14.7. The highest BCUT2D eigenvalue weighted by Gasteiger charge is 2.36. The molecule has 42 heavy (non-hydrogen) atoms. The third kappa shape index (κ3) is 6.74. The summed E-state index contributed by atoms with van der Waals surface area (Å²) in [6.45, 7) is 17.5. The normalized spacial score (nSPS) is 18.2. The van der Waals surface area contributed by atoms with E-state index in [1.54, 1.807) is 12.3 Å². The van der Waals surface area contributed by atoms with Crippen molar-refractivity contribution in [3.63, 3.8) is 0 Å². The summed E-state index contributed by atoms with van der Waals surface area (Å²) in [5.41, 5.74) is 2.20. The molecule has 2 aliphatic heterocycles. The van der Waals surface area contributed by atoms with E-state index in [1.807, 2.05) is 65.2 Å². The molecular weight excluding hydrogens is 540 g/mol. The first kappa shape index (κ1) is 31.4. The molecule has 5 heterocycles. The summed E-state index contributed by atoms with van der Waals surface area (Å²) in [4.78, 5) is 19.5. The fourth-order valence-corrected chi connectivity index (χ4v) is 5.32. The van der Waals surface area contributed by atoms with Gasteiger partial charge in [0.15, 0.2) is 11.6 Å². The highest BCUT2D eigenvalue weighted by molar-refractivity contribution is 5.83. The van der Waals surface area contributed by atoms with Crippen LogP contribution in [-0.2, 0) is 16.0 Å². The fourth-order valence-electron chi connectivity index (χ4n) is 5.32. The second-order valence-electron chi connectivity index (χ2n) is 10.0. The number of nitrogens with one attached hydrogen (secondary N) is 1. The van der Waals surface area contributed by atoms with Crippen molar-refractivity contribution in [2.45, 2.75) is 73.3 Å². The number of nitrogens with zero attached hydrogens (tertiary/aromatic N) is 6. The van der Waals surface area contributed by atoms with Crippen molar-refractivity contribution >= 4 is 22.8 Å². The molecular formula is C31H41F2N7O2. The van der Waals surface area contributed by atoms with Gasteiger partial charge in [-0.2, -0.15) is 0 Å². The quantitative estimate of drug-likeness (QED) is 0.278. The lowest BCUT2D eigenvalue weighted by molar-refractivity contribution is -0.116. The lowest BCUT2D eigenvalue weighted by atomic mass is 10.1. The number of imidazole rings is 1. The maximum absolute atomic E-state index is 15.0. The van der Waals surface area contributed by atoms with Crippen LogP contribution in [0.1, 0.15) is 59.0 Å². The van der Waals surface area contributed by atoms with E-state index in [1.165, 1.54) is 6.07 Å². The smallest absolute Gasteiger partial charge is 0.229 e. The van der Waals surface area contributed by atoms with Gasteiger partial charge in [-0.05, 0) is 44.5 Å². The largest absolute Gasteiger partial charge is 0.372 e. The van der Waals surface area contributed by atoms with Crippen LogP contribution in [0, 0.1) is 18.6 Å². The Morgan fingerprint density at radius 2 is 1.62 bits per heavy atom. The topological polar surface area (TPSA) is 90.2 Å². The van der Waals surface area contributed by atoms with Crippen molar-refractivity contribution in [3.8, 4) is 11.3 Å². The molecule has 3 aromatic heterocycles. The molecule has 9 nitrogen and oxygen atoms in total. The van der Waals surface area contributed by atoms with Gasteiger partial charge < -0.3 is 19.4 Å². The van der Waals surface area contributed by atoms with E-state index < -0.39 is 11.6 Å². The lowest BCUT2D eigenvalue weighted by Crippen LogP contribution is -2.36. The van der Waals surface area contributed by atoms with Gasteiger partial charge in [0.1, 0.15) is 22.9 Å². The molecule has 2 atom stereocenters. The van der Waals surface area contributed by atoms with Crippen LogP contribution < -0.4 is 5.32 Å². The van der Waals surface area contributed by atoms with Crippen LogP contribution in [0.15, 0.2) is 36.7 Å². The Morgan fingerprint density at radius 3 is 2.24 bits per heavy atom. The van der Waals surface area contributed by atoms with Gasteiger partial charge in [0.2, 0.25) is 5.95 Å². The summed E-state index contributed by atoms with van der Waals surface area (Å²) in [6.07, 6.45) is 3.12. The van der Waals surface area contributed by atoms with E-state index >= 15 is 0 Å². The molecule has 0 bridgehead atoms. The van der Waals surface area contributed by atoms with Crippen LogP contribution in [0.3, 0.4) is 0 Å². The Balaban J connectivity index is 0.000000972. The minimum Gasteiger partial charge on any atom is -0.372 e. The number of likely N-dealkylation sites (tertiary alicyclic amines) is 1. The summed E-state index contributed by atoms with van der Waals surface area (Å²) in [6, 6.07) is 6.83. The van der Waals surface area contributed by atoms with Gasteiger partial charge >= 0.3 is 0 Å². The molecule has 2 saturated heterocycles. The Labute approximate surface area is 246 Å². The second kappa shape index (κ2) is 14.1. The van der Waals surface area contributed by atoms with Crippen molar-refractivity contribution in [2.24, 2.45) is 0 Å². The van der Waals surface area contributed by atoms with Crippen molar-refractivity contribution in [3.05, 3.63) is 59.7 Å². The number of hydrogen-bond donors (Lipinski definition) is 1. The number of pyridine rings is 1. The number of halogens is 2. The number of ether oxygens (including phenoxy) is 2. The number of anilines is 2. The third-order valence-electron chi connectivity index (χ3n) is 6.97. The van der Waals surface area contributed by atoms with Gasteiger partial charge in [0.25, 0.3) is 0 Å². The Hall–Kier alpha value is -3.54. The van der Waals surface area contributed by atoms with Gasteiger partial charge in [0, 0.05) is 37.4 Å². The molecule has 4 aromatic rings. The lowest BCUT2D eigenvalue weighted by Gasteiger charge is -2.24. The maximum atomic E-state index is 15.0. The van der Waals surface area contributed by atoms with E-state index in [0.29, 0.717) is 35.9 Å². The second-order valence-corrected chi connectivity index (χ2v) is 10.0. The predicted octanol–water partition coefficient (Wildman–Crippen LogP) is 6.45. The van der Waals surface area contributed by atoms with Gasteiger partial charge in [-0.15, -0.1) is 0 Å². The average Bonchev–Trinajstić information content (AvgIpc) is 3.57. The van der Waals surface area contributed by atoms with E-state index in [-0.39, 0.29) is 35.4 Å². The fraction of sp³-hybridized carbons (Fsp3) is 0.484. The Kier molecular flexibility index (Phi) is 10.5. The molecule has 0 aliphatic carbocycles. The van der Waals surface area contributed by atoms with Crippen LogP contribution in [0.25, 0.3) is 22.3 Å². The summed E-state index contributed by atoms with van der Waals surface area (Å²) in [5, 5.41) is 3.02. The third-order valence-corrected chi connectivity index (χ3v) is 6.97. The molecule has 2 unspecified atom stereocenters. The van der Waals surface area contributed by atoms with Crippen LogP contribution >= 0.6 is 0 Å². The zero-order valence-electron chi connectivity index (χ0n) is 25.5. The Bertz CT molecular complexity index is 1460. The number of rotatable bonds is 6. The molecule has 11 heteroatoms. The SMILES string of the molecule is CC.CC.Cc1nc2c(F)cc(-c3nc(Nc4ccc(CN5CC6OCCOC6C5)cn4)ncc3F)cc2n1C(C)C. The van der Waals surface area contributed by atoms with Crippen molar-refractivity contribution < 1.29 is 18.3 Å². The highest BCUT2D eigenvalue weighted by atomic mass is 19.1. The summed E-state index contributed by atoms with van der Waals surface area (Å²) in [7, 11) is 0. The summed E-state index contributed by atoms with van der Waals surface area (Å²) in [5.74, 6) is 0.192. The van der Waals surface area contributed by atoms with Crippen LogP contribution in [0.4, 0.5) is 20.5 Å². The Morgan fingerprint density at radius 1 is 0.929 bits per heavy atom. The average molecular weight is 582 g/mol. The van der Waals surface area contributed by atoms with E-state index in [4.69, 9.17) is 9.47 Å². The highest BCUT2D eigenvalue weighted by Crippen LogP contribution is 2.30.